The molecule has 0 atom stereocenters. The Morgan fingerprint density at radius 1 is 1.14 bits per heavy atom. The highest BCUT2D eigenvalue weighted by Crippen LogP contribution is 2.33. The van der Waals surface area contributed by atoms with Crippen LogP contribution in [0.1, 0.15) is 11.1 Å². The molecule has 0 heterocycles. The van der Waals surface area contributed by atoms with Crippen LogP contribution in [0.2, 0.25) is 0 Å². The van der Waals surface area contributed by atoms with Gasteiger partial charge in [0.1, 0.15) is 17.3 Å². The number of nitrogens with two attached hydrogens (primary N) is 1. The van der Waals surface area contributed by atoms with Crippen molar-refractivity contribution in [3.8, 4) is 11.5 Å². The molecule has 2 aromatic rings. The van der Waals surface area contributed by atoms with Gasteiger partial charge in [-0.1, -0.05) is 0 Å². The molecule has 0 amide bonds. The fraction of sp³-hybridized carbons (Fsp3) is 0.143. The van der Waals surface area contributed by atoms with Gasteiger partial charge in [0, 0.05) is 0 Å². The van der Waals surface area contributed by atoms with Crippen LogP contribution in [0.3, 0.4) is 0 Å². The zero-order valence-electron chi connectivity index (χ0n) is 11.4. The van der Waals surface area contributed by atoms with E-state index >= 15 is 0 Å². The molecule has 112 valence electrons. The number of rotatable bonds is 3. The number of benzene rings is 2. The van der Waals surface area contributed by atoms with Crippen LogP contribution in [-0.2, 0) is 10.0 Å². The number of halogens is 2. The Kier molecular flexibility index (Phi) is 4.54. The summed E-state index contributed by atoms with van der Waals surface area (Å²) >= 11 is 1.96. The largest absolute Gasteiger partial charge is 0.456 e. The van der Waals surface area contributed by atoms with Gasteiger partial charge in [0.2, 0.25) is 10.0 Å². The molecule has 0 unspecified atom stereocenters. The van der Waals surface area contributed by atoms with Gasteiger partial charge in [-0.05, 0) is 77.9 Å². The van der Waals surface area contributed by atoms with Crippen LogP contribution < -0.4 is 9.88 Å². The summed E-state index contributed by atoms with van der Waals surface area (Å²) in [5, 5.41) is 5.08. The van der Waals surface area contributed by atoms with Gasteiger partial charge in [-0.15, -0.1) is 0 Å². The van der Waals surface area contributed by atoms with Gasteiger partial charge in [0.15, 0.2) is 0 Å². The third kappa shape index (κ3) is 3.72. The first kappa shape index (κ1) is 16.2. The lowest BCUT2D eigenvalue weighted by Gasteiger charge is -2.13. The Labute approximate surface area is 136 Å². The van der Waals surface area contributed by atoms with Gasteiger partial charge in [0.25, 0.3) is 0 Å². The summed E-state index contributed by atoms with van der Waals surface area (Å²) in [6.45, 7) is 3.49. The summed E-state index contributed by atoms with van der Waals surface area (Å²) in [5.74, 6) is 0.718. The molecule has 2 aromatic carbocycles. The molecule has 21 heavy (non-hydrogen) atoms. The first-order valence-electron chi connectivity index (χ1n) is 5.95. The number of hydrogen-bond acceptors (Lipinski definition) is 3. The van der Waals surface area contributed by atoms with E-state index in [0.29, 0.717) is 26.2 Å². The minimum atomic E-state index is -3.75. The highest BCUT2D eigenvalue weighted by molar-refractivity contribution is 14.1. The number of hydrogen-bond donors (Lipinski definition) is 1. The molecule has 0 aliphatic heterocycles. The summed E-state index contributed by atoms with van der Waals surface area (Å²) in [4.78, 5) is 0.0202. The van der Waals surface area contributed by atoms with Crippen molar-refractivity contribution in [2.24, 2.45) is 5.14 Å². The summed E-state index contributed by atoms with van der Waals surface area (Å²) < 4.78 is 42.2. The fourth-order valence-electron chi connectivity index (χ4n) is 1.91. The molecule has 0 saturated heterocycles. The maximum absolute atomic E-state index is 13.3. The summed E-state index contributed by atoms with van der Waals surface area (Å²) in [6.07, 6.45) is 0. The van der Waals surface area contributed by atoms with E-state index in [0.717, 1.165) is 0 Å². The van der Waals surface area contributed by atoms with E-state index in [4.69, 9.17) is 9.88 Å². The molecule has 0 aliphatic carbocycles. The first-order valence-corrected chi connectivity index (χ1v) is 8.58. The quantitative estimate of drug-likeness (QED) is 0.772. The maximum atomic E-state index is 13.3. The van der Waals surface area contributed by atoms with Crippen molar-refractivity contribution in [1.82, 2.24) is 0 Å². The molecule has 0 aromatic heterocycles. The second-order valence-electron chi connectivity index (χ2n) is 4.61. The number of primary sulfonamides is 1. The van der Waals surface area contributed by atoms with E-state index in [2.05, 4.69) is 0 Å². The van der Waals surface area contributed by atoms with E-state index in [1.54, 1.807) is 13.8 Å². The maximum Gasteiger partial charge on any atom is 0.238 e. The molecule has 0 bridgehead atoms. The van der Waals surface area contributed by atoms with Crippen LogP contribution in [-0.4, -0.2) is 8.42 Å². The predicted molar refractivity (Wildman–Crippen MR) is 86.5 cm³/mol. The van der Waals surface area contributed by atoms with Gasteiger partial charge in [-0.2, -0.15) is 0 Å². The third-order valence-corrected chi connectivity index (χ3v) is 4.62. The summed E-state index contributed by atoms with van der Waals surface area (Å²) in [5.41, 5.74) is 1.33. The molecule has 2 N–H and O–H groups in total. The number of sulfonamides is 1. The van der Waals surface area contributed by atoms with Crippen LogP contribution in [0.4, 0.5) is 4.39 Å². The Morgan fingerprint density at radius 3 is 2.19 bits per heavy atom. The second-order valence-corrected chi connectivity index (χ2v) is 7.33. The lowest BCUT2D eigenvalue weighted by Crippen LogP contribution is -2.12. The zero-order valence-corrected chi connectivity index (χ0v) is 14.3. The SMILES string of the molecule is Cc1cc(F)cc(C)c1Oc1ccc(S(N)(=O)=O)cc1I. The van der Waals surface area contributed by atoms with E-state index in [1.807, 2.05) is 22.6 Å². The van der Waals surface area contributed by atoms with Crippen molar-refractivity contribution in [3.63, 3.8) is 0 Å². The minimum Gasteiger partial charge on any atom is -0.456 e. The monoisotopic (exact) mass is 421 g/mol. The minimum absolute atomic E-state index is 0.0202. The van der Waals surface area contributed by atoms with Crippen LogP contribution in [0.15, 0.2) is 35.2 Å². The van der Waals surface area contributed by atoms with Gasteiger partial charge in [-0.25, -0.2) is 17.9 Å². The van der Waals surface area contributed by atoms with Crippen LogP contribution in [0.5, 0.6) is 11.5 Å². The fourth-order valence-corrected chi connectivity index (χ4v) is 3.29. The Balaban J connectivity index is 2.42. The standard InChI is InChI=1S/C14H13FINO3S/c1-8-5-10(15)6-9(2)14(8)20-13-4-3-11(7-12(13)16)21(17,18)19/h3-7H,1-2H3,(H2,17,18,19). The van der Waals surface area contributed by atoms with Crippen molar-refractivity contribution in [2.75, 3.05) is 0 Å². The van der Waals surface area contributed by atoms with Crippen molar-refractivity contribution in [1.29, 1.82) is 0 Å². The summed E-state index contributed by atoms with van der Waals surface area (Å²) in [7, 11) is -3.75. The van der Waals surface area contributed by atoms with Crippen LogP contribution in [0.25, 0.3) is 0 Å². The van der Waals surface area contributed by atoms with Gasteiger partial charge in [-0.3, -0.25) is 0 Å². The normalized spacial score (nSPS) is 11.5. The highest BCUT2D eigenvalue weighted by Gasteiger charge is 2.13. The smallest absolute Gasteiger partial charge is 0.238 e. The average Bonchev–Trinajstić information content (AvgIpc) is 2.33. The van der Waals surface area contributed by atoms with Crippen molar-refractivity contribution in [2.45, 2.75) is 18.7 Å². The Bertz CT molecular complexity index is 783. The summed E-state index contributed by atoms with van der Waals surface area (Å²) in [6, 6.07) is 7.10. The molecule has 0 fully saturated rings. The van der Waals surface area contributed by atoms with Crippen LogP contribution >= 0.6 is 22.6 Å². The van der Waals surface area contributed by atoms with Crippen molar-refractivity contribution in [3.05, 3.63) is 50.8 Å². The topological polar surface area (TPSA) is 69.4 Å². The molecule has 7 heteroatoms. The molecular formula is C14H13FINO3S. The van der Waals surface area contributed by atoms with Crippen molar-refractivity contribution >= 4 is 32.6 Å². The van der Waals surface area contributed by atoms with Crippen LogP contribution in [0, 0.1) is 23.2 Å². The van der Waals surface area contributed by atoms with Gasteiger partial charge >= 0.3 is 0 Å². The second kappa shape index (κ2) is 5.90. The van der Waals surface area contributed by atoms with E-state index in [-0.39, 0.29) is 10.7 Å². The number of ether oxygens (including phenoxy) is 1. The molecule has 4 nitrogen and oxygen atoms in total. The molecule has 0 aliphatic rings. The molecular weight excluding hydrogens is 408 g/mol. The lowest BCUT2D eigenvalue weighted by atomic mass is 10.1. The third-order valence-electron chi connectivity index (χ3n) is 2.87. The average molecular weight is 421 g/mol. The Hall–Kier alpha value is -1.19. The highest BCUT2D eigenvalue weighted by atomic mass is 127. The van der Waals surface area contributed by atoms with Gasteiger partial charge in [0.05, 0.1) is 8.47 Å². The predicted octanol–water partition coefficient (Wildman–Crippen LogP) is 3.49. The van der Waals surface area contributed by atoms with E-state index in [1.165, 1.54) is 30.3 Å². The first-order chi connectivity index (χ1) is 9.68. The number of aryl methyl sites for hydroxylation is 2. The molecule has 0 saturated carbocycles. The van der Waals surface area contributed by atoms with E-state index in [9.17, 15) is 12.8 Å². The zero-order chi connectivity index (χ0) is 15.8. The van der Waals surface area contributed by atoms with E-state index < -0.39 is 10.0 Å². The van der Waals surface area contributed by atoms with Gasteiger partial charge < -0.3 is 4.74 Å². The van der Waals surface area contributed by atoms with Crippen molar-refractivity contribution < 1.29 is 17.5 Å². The molecule has 0 radical (unpaired) electrons. The molecule has 2 rings (SSSR count). The molecule has 0 spiro atoms. The lowest BCUT2D eigenvalue weighted by molar-refractivity contribution is 0.468. The Morgan fingerprint density at radius 2 is 1.71 bits per heavy atom.